The predicted octanol–water partition coefficient (Wildman–Crippen LogP) is 3.78. The van der Waals surface area contributed by atoms with Crippen molar-refractivity contribution in [2.24, 2.45) is 0 Å². The average molecular weight is 318 g/mol. The Morgan fingerprint density at radius 2 is 2.08 bits per heavy atom. The number of amides is 2. The third-order valence-corrected chi connectivity index (χ3v) is 4.41. The van der Waals surface area contributed by atoms with E-state index in [-0.39, 0.29) is 6.03 Å². The third kappa shape index (κ3) is 2.54. The van der Waals surface area contributed by atoms with Gasteiger partial charge in [-0.2, -0.15) is 0 Å². The Kier molecular flexibility index (Phi) is 3.54. The molecule has 0 fully saturated rings. The lowest BCUT2D eigenvalue weighted by Crippen LogP contribution is -2.33. The Hall–Kier alpha value is -3.08. The number of carbonyl (C=O) groups is 1. The highest BCUT2D eigenvalue weighted by Crippen LogP contribution is 2.30. The van der Waals surface area contributed by atoms with Crippen LogP contribution in [0.3, 0.4) is 0 Å². The van der Waals surface area contributed by atoms with E-state index in [0.717, 1.165) is 23.5 Å². The fraction of sp³-hybridized carbons (Fsp3) is 0.158. The zero-order chi connectivity index (χ0) is 16.5. The second kappa shape index (κ2) is 5.85. The monoisotopic (exact) mass is 318 g/mol. The highest BCUT2D eigenvalue weighted by molar-refractivity contribution is 6.03. The molecule has 0 aliphatic carbocycles. The molecule has 1 N–H and O–H groups in total. The maximum Gasteiger partial charge on any atom is 0.326 e. The summed E-state index contributed by atoms with van der Waals surface area (Å²) >= 11 is 0. The van der Waals surface area contributed by atoms with Crippen LogP contribution in [0.4, 0.5) is 16.2 Å². The van der Waals surface area contributed by atoms with Gasteiger partial charge >= 0.3 is 6.03 Å². The highest BCUT2D eigenvalue weighted by atomic mass is 16.2. The van der Waals surface area contributed by atoms with E-state index in [4.69, 9.17) is 0 Å². The number of fused-ring (bicyclic) bond motifs is 1. The summed E-state index contributed by atoms with van der Waals surface area (Å²) in [6.07, 6.45) is 6.25. The van der Waals surface area contributed by atoms with Crippen LogP contribution in [0.2, 0.25) is 0 Å². The molecule has 5 nitrogen and oxygen atoms in total. The van der Waals surface area contributed by atoms with Crippen molar-refractivity contribution < 1.29 is 4.79 Å². The molecule has 2 heterocycles. The minimum atomic E-state index is -0.0952. The fourth-order valence-electron chi connectivity index (χ4n) is 3.17. The lowest BCUT2D eigenvalue weighted by atomic mass is 10.1. The maximum absolute atomic E-state index is 12.7. The fourth-order valence-corrected chi connectivity index (χ4v) is 3.17. The molecule has 0 unspecified atom stereocenters. The number of nitrogens with one attached hydrogen (secondary N) is 1. The molecule has 1 aromatic heterocycles. The Balaban J connectivity index is 1.56. The van der Waals surface area contributed by atoms with E-state index < -0.39 is 0 Å². The smallest absolute Gasteiger partial charge is 0.307 e. The van der Waals surface area contributed by atoms with Gasteiger partial charge in [0.1, 0.15) is 0 Å². The molecule has 1 aliphatic rings. The van der Waals surface area contributed by atoms with Crippen molar-refractivity contribution in [3.63, 3.8) is 0 Å². The molecular weight excluding hydrogens is 300 g/mol. The van der Waals surface area contributed by atoms with E-state index in [9.17, 15) is 4.79 Å². The van der Waals surface area contributed by atoms with Gasteiger partial charge in [0, 0.05) is 36.0 Å². The summed E-state index contributed by atoms with van der Waals surface area (Å²) in [4.78, 5) is 18.5. The molecule has 120 valence electrons. The number of aromatic nitrogens is 2. The van der Waals surface area contributed by atoms with Crippen LogP contribution in [0, 0.1) is 6.92 Å². The number of rotatable bonds is 2. The second-order valence-corrected chi connectivity index (χ2v) is 5.92. The van der Waals surface area contributed by atoms with Crippen molar-refractivity contribution in [3.05, 3.63) is 72.3 Å². The molecule has 4 rings (SSSR count). The molecule has 0 saturated heterocycles. The zero-order valence-corrected chi connectivity index (χ0v) is 13.4. The van der Waals surface area contributed by atoms with Gasteiger partial charge in [0.25, 0.3) is 0 Å². The van der Waals surface area contributed by atoms with Crippen LogP contribution < -0.4 is 10.2 Å². The highest BCUT2D eigenvalue weighted by Gasteiger charge is 2.25. The first-order valence-electron chi connectivity index (χ1n) is 7.98. The lowest BCUT2D eigenvalue weighted by Gasteiger charge is -2.18. The Bertz CT molecular complexity index is 886. The molecular formula is C19H18N4O. The van der Waals surface area contributed by atoms with Crippen molar-refractivity contribution in [2.75, 3.05) is 16.8 Å². The second-order valence-electron chi connectivity index (χ2n) is 5.92. The summed E-state index contributed by atoms with van der Waals surface area (Å²) in [5, 5.41) is 3.00. The maximum atomic E-state index is 12.7. The molecule has 0 atom stereocenters. The van der Waals surface area contributed by atoms with Gasteiger partial charge in [-0.3, -0.25) is 4.90 Å². The number of carbonyl (C=O) groups excluding carboxylic acids is 1. The lowest BCUT2D eigenvalue weighted by molar-refractivity contribution is 0.257. The molecule has 0 spiro atoms. The van der Waals surface area contributed by atoms with Gasteiger partial charge in [0.15, 0.2) is 0 Å². The molecule has 0 saturated carbocycles. The van der Waals surface area contributed by atoms with Crippen molar-refractivity contribution in [3.8, 4) is 5.69 Å². The van der Waals surface area contributed by atoms with Gasteiger partial charge < -0.3 is 9.88 Å². The van der Waals surface area contributed by atoms with E-state index in [2.05, 4.69) is 23.3 Å². The summed E-state index contributed by atoms with van der Waals surface area (Å²) < 4.78 is 1.91. The average Bonchev–Trinajstić information content (AvgIpc) is 3.25. The molecule has 5 heteroatoms. The Morgan fingerprint density at radius 1 is 1.21 bits per heavy atom. The number of nitrogens with zero attached hydrogens (tertiary/aromatic N) is 3. The van der Waals surface area contributed by atoms with Crippen LogP contribution in [-0.2, 0) is 6.42 Å². The van der Waals surface area contributed by atoms with E-state index >= 15 is 0 Å². The van der Waals surface area contributed by atoms with Gasteiger partial charge in [-0.25, -0.2) is 9.78 Å². The SMILES string of the molecule is Cc1cccc2c1CCN2C(=O)Nc1cccc(-n2ccnc2)c1. The van der Waals surface area contributed by atoms with Crippen LogP contribution in [0.5, 0.6) is 0 Å². The van der Waals surface area contributed by atoms with Crippen molar-refractivity contribution >= 4 is 17.4 Å². The van der Waals surface area contributed by atoms with E-state index in [1.807, 2.05) is 52.1 Å². The van der Waals surface area contributed by atoms with Gasteiger partial charge in [0.05, 0.1) is 6.33 Å². The van der Waals surface area contributed by atoms with Crippen LogP contribution in [0.25, 0.3) is 5.69 Å². The van der Waals surface area contributed by atoms with Crippen LogP contribution in [0.15, 0.2) is 61.2 Å². The summed E-state index contributed by atoms with van der Waals surface area (Å²) in [7, 11) is 0. The van der Waals surface area contributed by atoms with E-state index in [1.54, 1.807) is 12.5 Å². The minimum Gasteiger partial charge on any atom is -0.307 e. The standard InChI is InChI=1S/C19H18N4O/c1-14-4-2-7-18-17(14)8-10-23(18)19(24)21-15-5-3-6-16(12-15)22-11-9-20-13-22/h2-7,9,11-13H,8,10H2,1H3,(H,21,24). The van der Waals surface area contributed by atoms with Gasteiger partial charge in [-0.15, -0.1) is 0 Å². The summed E-state index contributed by atoms with van der Waals surface area (Å²) in [6, 6.07) is 13.7. The summed E-state index contributed by atoms with van der Waals surface area (Å²) in [5.74, 6) is 0. The van der Waals surface area contributed by atoms with Crippen LogP contribution >= 0.6 is 0 Å². The molecule has 0 radical (unpaired) electrons. The van der Waals surface area contributed by atoms with Crippen LogP contribution in [-0.4, -0.2) is 22.1 Å². The van der Waals surface area contributed by atoms with Crippen molar-refractivity contribution in [1.29, 1.82) is 0 Å². The molecule has 2 amide bonds. The quantitative estimate of drug-likeness (QED) is 0.782. The zero-order valence-electron chi connectivity index (χ0n) is 13.4. The van der Waals surface area contributed by atoms with E-state index in [0.29, 0.717) is 6.54 Å². The minimum absolute atomic E-state index is 0.0952. The van der Waals surface area contributed by atoms with Crippen molar-refractivity contribution in [1.82, 2.24) is 9.55 Å². The van der Waals surface area contributed by atoms with Gasteiger partial charge in [-0.1, -0.05) is 18.2 Å². The topological polar surface area (TPSA) is 50.2 Å². The first kappa shape index (κ1) is 14.5. The Labute approximate surface area is 140 Å². The first-order valence-corrected chi connectivity index (χ1v) is 7.98. The number of hydrogen-bond donors (Lipinski definition) is 1. The third-order valence-electron chi connectivity index (χ3n) is 4.41. The van der Waals surface area contributed by atoms with Gasteiger partial charge in [0.2, 0.25) is 0 Å². The molecule has 24 heavy (non-hydrogen) atoms. The van der Waals surface area contributed by atoms with Gasteiger partial charge in [-0.05, 0) is 48.7 Å². The summed E-state index contributed by atoms with van der Waals surface area (Å²) in [5.41, 5.74) is 5.25. The number of urea groups is 1. The molecule has 0 bridgehead atoms. The number of aryl methyl sites for hydroxylation is 1. The van der Waals surface area contributed by atoms with E-state index in [1.165, 1.54) is 11.1 Å². The summed E-state index contributed by atoms with van der Waals surface area (Å²) in [6.45, 7) is 2.81. The predicted molar refractivity (Wildman–Crippen MR) is 94.8 cm³/mol. The number of anilines is 2. The molecule has 1 aliphatic heterocycles. The normalized spacial score (nSPS) is 13.0. The first-order chi connectivity index (χ1) is 11.7. The molecule has 2 aromatic carbocycles. The largest absolute Gasteiger partial charge is 0.326 e. The van der Waals surface area contributed by atoms with Crippen LogP contribution in [0.1, 0.15) is 11.1 Å². The number of benzene rings is 2. The number of imidazole rings is 1. The molecule has 3 aromatic rings. The number of hydrogen-bond acceptors (Lipinski definition) is 2. The van der Waals surface area contributed by atoms with Crippen molar-refractivity contribution in [2.45, 2.75) is 13.3 Å². The Morgan fingerprint density at radius 3 is 2.92 bits per heavy atom.